The van der Waals surface area contributed by atoms with Gasteiger partial charge >= 0.3 is 30.8 Å². The van der Waals surface area contributed by atoms with E-state index in [1.807, 2.05) is 0 Å². The zero-order chi connectivity index (χ0) is 15.2. The number of aromatic carboxylic acids is 2. The molecule has 0 bridgehead atoms. The number of rotatable bonds is 3. The van der Waals surface area contributed by atoms with Gasteiger partial charge in [-0.25, -0.2) is 9.59 Å². The fourth-order valence-corrected chi connectivity index (χ4v) is 1.55. The molecular weight excluding hydrogens is 287 g/mol. The Hall–Kier alpha value is -1.37. The Bertz CT molecular complexity index is 549. The molecule has 0 aliphatic rings. The third-order valence-electron chi connectivity index (χ3n) is 1.70. The number of carboxylic acids is 2. The normalized spacial score (nSPS) is 9.75. The number of aliphatic hydroxyl groups excluding tert-OH is 1. The molecule has 106 valence electrons. The predicted molar refractivity (Wildman–Crippen MR) is 62.6 cm³/mol. The molecule has 0 spiro atoms. The van der Waals surface area contributed by atoms with E-state index in [0.717, 1.165) is 6.07 Å². The molecule has 0 aliphatic heterocycles. The first-order chi connectivity index (χ1) is 8.63. The molecule has 0 aliphatic carbocycles. The van der Waals surface area contributed by atoms with Crippen molar-refractivity contribution in [2.45, 2.75) is 4.90 Å². The van der Waals surface area contributed by atoms with E-state index >= 15 is 0 Å². The Morgan fingerprint density at radius 1 is 1.05 bits per heavy atom. The maximum Gasteiger partial charge on any atom is 1.00 e. The van der Waals surface area contributed by atoms with Gasteiger partial charge in [-0.15, -0.1) is 0 Å². The molecule has 0 atom stereocenters. The van der Waals surface area contributed by atoms with Gasteiger partial charge < -0.3 is 22.2 Å². The molecule has 0 saturated carbocycles. The topological polar surface area (TPSA) is 149 Å². The molecule has 10 heteroatoms. The van der Waals surface area contributed by atoms with Crippen molar-refractivity contribution in [3.05, 3.63) is 36.2 Å². The summed E-state index contributed by atoms with van der Waals surface area (Å²) in [6.07, 6.45) is 0. The summed E-state index contributed by atoms with van der Waals surface area (Å²) in [6.45, 7) is 3.04. The van der Waals surface area contributed by atoms with Crippen molar-refractivity contribution in [2.24, 2.45) is 0 Å². The summed E-state index contributed by atoms with van der Waals surface area (Å²) in [5, 5.41) is 24.7. The van der Waals surface area contributed by atoms with Gasteiger partial charge in [0.25, 0.3) is 10.1 Å². The Balaban J connectivity index is 0. The van der Waals surface area contributed by atoms with Gasteiger partial charge in [0.15, 0.2) is 0 Å². The van der Waals surface area contributed by atoms with Crippen LogP contribution in [0, 0.1) is 6.92 Å². The van der Waals surface area contributed by atoms with Crippen LogP contribution in [-0.4, -0.2) is 46.8 Å². The maximum atomic E-state index is 10.8. The molecule has 0 unspecified atom stereocenters. The maximum absolute atomic E-state index is 10.8. The Morgan fingerprint density at radius 3 is 1.55 bits per heavy atom. The summed E-state index contributed by atoms with van der Waals surface area (Å²) in [7, 11) is -4.64. The van der Waals surface area contributed by atoms with Crippen LogP contribution in [0.4, 0.5) is 0 Å². The molecule has 0 heterocycles. The Labute approximate surface area is 127 Å². The van der Waals surface area contributed by atoms with Crippen LogP contribution in [0.25, 0.3) is 0 Å². The fourth-order valence-electron chi connectivity index (χ4n) is 0.995. The van der Waals surface area contributed by atoms with Crippen molar-refractivity contribution in [2.75, 3.05) is 6.61 Å². The molecule has 1 aromatic rings. The first kappa shape index (κ1) is 20.9. The number of hydrogen-bond donors (Lipinski definition) is 4. The zero-order valence-corrected chi connectivity index (χ0v) is 11.3. The van der Waals surface area contributed by atoms with Crippen molar-refractivity contribution in [1.29, 1.82) is 0 Å². The van der Waals surface area contributed by atoms with E-state index in [9.17, 15) is 18.0 Å². The monoisotopic (exact) mass is 298 g/mol. The number of aliphatic hydroxyl groups is 1. The van der Waals surface area contributed by atoms with Gasteiger partial charge in [0.1, 0.15) is 0 Å². The quantitative estimate of drug-likeness (QED) is 0.264. The van der Waals surface area contributed by atoms with E-state index in [1.54, 1.807) is 0 Å². The van der Waals surface area contributed by atoms with Crippen LogP contribution >= 0.6 is 0 Å². The Morgan fingerprint density at radius 2 is 1.35 bits per heavy atom. The van der Waals surface area contributed by atoms with Crippen LogP contribution in [0.3, 0.4) is 0 Å². The predicted octanol–water partition coefficient (Wildman–Crippen LogP) is -2.85. The summed E-state index contributed by atoms with van der Waals surface area (Å²) in [5.41, 5.74) is -1.07. The van der Waals surface area contributed by atoms with E-state index in [2.05, 4.69) is 6.92 Å². The average Bonchev–Trinajstić information content (AvgIpc) is 2.28. The molecule has 1 rings (SSSR count). The van der Waals surface area contributed by atoms with Crippen molar-refractivity contribution in [1.82, 2.24) is 0 Å². The van der Waals surface area contributed by atoms with Crippen LogP contribution < -0.4 is 18.9 Å². The van der Waals surface area contributed by atoms with Crippen molar-refractivity contribution >= 4 is 22.1 Å². The van der Waals surface area contributed by atoms with Gasteiger partial charge in [0.05, 0.1) is 16.0 Å². The van der Waals surface area contributed by atoms with E-state index in [1.165, 1.54) is 0 Å². The fraction of sp³-hybridized carbons (Fsp3) is 0.100. The first-order valence-electron chi connectivity index (χ1n) is 4.62. The third kappa shape index (κ3) is 6.70. The van der Waals surface area contributed by atoms with Gasteiger partial charge in [0.2, 0.25) is 0 Å². The van der Waals surface area contributed by atoms with Crippen molar-refractivity contribution in [3.63, 3.8) is 0 Å². The van der Waals surface area contributed by atoms with E-state index in [-0.39, 0.29) is 25.5 Å². The minimum absolute atomic E-state index is 0. The van der Waals surface area contributed by atoms with Crippen molar-refractivity contribution in [3.8, 4) is 0 Å². The third-order valence-corrected chi connectivity index (χ3v) is 2.53. The summed E-state index contributed by atoms with van der Waals surface area (Å²) < 4.78 is 30.2. The minimum atomic E-state index is -4.64. The van der Waals surface area contributed by atoms with E-state index in [0.29, 0.717) is 12.1 Å². The SMILES string of the molecule is O=C(O)c1cc(C(=O)O)cc(S(=O)(=O)O)c1.[CH2-]CO.[Li+]. The average molecular weight is 298 g/mol. The molecule has 1 aromatic carbocycles. The molecule has 20 heavy (non-hydrogen) atoms. The van der Waals surface area contributed by atoms with Gasteiger partial charge in [-0.3, -0.25) is 4.55 Å². The molecular formula is C10H11LiO8S. The minimum Gasteiger partial charge on any atom is -0.478 e. The van der Waals surface area contributed by atoms with Crippen LogP contribution in [0.1, 0.15) is 20.7 Å². The second kappa shape index (κ2) is 8.73. The second-order valence-corrected chi connectivity index (χ2v) is 4.48. The molecule has 0 saturated heterocycles. The summed E-state index contributed by atoms with van der Waals surface area (Å²) in [6, 6.07) is 2.13. The van der Waals surface area contributed by atoms with E-state index < -0.39 is 38.1 Å². The number of carbonyl (C=O) groups is 2. The standard InChI is InChI=1S/C8H6O7S.C2H5O.Li/c9-7(10)4-1-5(8(11)12)3-6(2-4)16(13,14)15;1-2-3;/h1-3H,(H,9,10)(H,11,12)(H,13,14,15);3H,1-2H2;/q;-1;+1. The first-order valence-corrected chi connectivity index (χ1v) is 6.06. The summed E-state index contributed by atoms with van der Waals surface area (Å²) >= 11 is 0. The molecule has 0 fully saturated rings. The summed E-state index contributed by atoms with van der Waals surface area (Å²) in [5.74, 6) is -2.99. The van der Waals surface area contributed by atoms with Crippen LogP contribution in [0.15, 0.2) is 23.1 Å². The smallest absolute Gasteiger partial charge is 0.478 e. The number of benzene rings is 1. The van der Waals surface area contributed by atoms with Crippen LogP contribution in [0.5, 0.6) is 0 Å². The van der Waals surface area contributed by atoms with Crippen LogP contribution in [0.2, 0.25) is 0 Å². The molecule has 0 radical (unpaired) electrons. The van der Waals surface area contributed by atoms with Crippen LogP contribution in [-0.2, 0) is 10.1 Å². The zero-order valence-electron chi connectivity index (χ0n) is 10.5. The van der Waals surface area contributed by atoms with Crippen molar-refractivity contribution < 1.29 is 56.7 Å². The molecule has 0 amide bonds. The second-order valence-electron chi connectivity index (χ2n) is 3.06. The molecule has 8 nitrogen and oxygen atoms in total. The van der Waals surface area contributed by atoms with Gasteiger partial charge in [-0.2, -0.15) is 8.42 Å². The number of hydrogen-bond acceptors (Lipinski definition) is 5. The largest absolute Gasteiger partial charge is 1.00 e. The number of carboxylic acid groups (broad SMARTS) is 2. The summed E-state index contributed by atoms with van der Waals surface area (Å²) in [4.78, 5) is 20.4. The molecule has 0 aromatic heterocycles. The Kier molecular flexibility index (Phi) is 9.14. The van der Waals surface area contributed by atoms with E-state index in [4.69, 9.17) is 19.9 Å². The molecule has 4 N–H and O–H groups in total. The van der Waals surface area contributed by atoms with Gasteiger partial charge in [-0.1, -0.05) is 6.61 Å². The van der Waals surface area contributed by atoms with Gasteiger partial charge in [0, 0.05) is 0 Å². The van der Waals surface area contributed by atoms with Gasteiger partial charge in [-0.05, 0) is 18.2 Å².